The molecule has 2 aliphatic rings. The van der Waals surface area contributed by atoms with Crippen LogP contribution in [0.3, 0.4) is 0 Å². The average molecular weight is 280 g/mol. The molecule has 1 N–H and O–H groups in total. The van der Waals surface area contributed by atoms with Gasteiger partial charge in [-0.15, -0.1) is 0 Å². The molecule has 1 fully saturated rings. The molecule has 1 aromatic heterocycles. The molecule has 1 aromatic carbocycles. The number of H-pyrrole nitrogens is 1. The summed E-state index contributed by atoms with van der Waals surface area (Å²) in [5, 5.41) is 0.0951. The Morgan fingerprint density at radius 2 is 2.05 bits per heavy atom. The number of aromatic amines is 1. The molecule has 106 valence electrons. The highest BCUT2D eigenvalue weighted by Gasteiger charge is 2.38. The van der Waals surface area contributed by atoms with Crippen molar-refractivity contribution in [1.29, 1.82) is 0 Å². The lowest BCUT2D eigenvalue weighted by Gasteiger charge is -2.40. The van der Waals surface area contributed by atoms with Crippen molar-refractivity contribution in [3.8, 4) is 0 Å². The fraction of sp³-hybridized carbons (Fsp3) is 0.467. The highest BCUT2D eigenvalue weighted by atomic mass is 19.2. The van der Waals surface area contributed by atoms with Crippen LogP contribution >= 0.6 is 0 Å². The Labute approximate surface area is 114 Å². The predicted octanol–water partition coefficient (Wildman–Crippen LogP) is 4.00. The van der Waals surface area contributed by atoms with Gasteiger partial charge in [-0.3, -0.25) is 4.90 Å². The zero-order valence-electron chi connectivity index (χ0n) is 10.9. The predicted molar refractivity (Wildman–Crippen MR) is 70.2 cm³/mol. The maximum absolute atomic E-state index is 14.5. The van der Waals surface area contributed by atoms with E-state index in [2.05, 4.69) is 9.88 Å². The Kier molecular flexibility index (Phi) is 2.61. The molecule has 0 spiro atoms. The lowest BCUT2D eigenvalue weighted by Crippen LogP contribution is -2.39. The second-order valence-electron chi connectivity index (χ2n) is 5.71. The van der Waals surface area contributed by atoms with Gasteiger partial charge in [-0.1, -0.05) is 6.42 Å². The molecule has 5 heteroatoms. The van der Waals surface area contributed by atoms with Gasteiger partial charge in [-0.2, -0.15) is 0 Å². The maximum Gasteiger partial charge on any atom is 0.168 e. The number of nitrogens with zero attached hydrogens (tertiary/aromatic N) is 1. The van der Waals surface area contributed by atoms with Crippen LogP contribution in [0.25, 0.3) is 10.9 Å². The van der Waals surface area contributed by atoms with Crippen molar-refractivity contribution >= 4 is 10.9 Å². The first-order valence-electron chi connectivity index (χ1n) is 7.04. The van der Waals surface area contributed by atoms with E-state index in [-0.39, 0.29) is 18.0 Å². The van der Waals surface area contributed by atoms with Gasteiger partial charge in [-0.05, 0) is 31.5 Å². The van der Waals surface area contributed by atoms with Crippen LogP contribution in [-0.4, -0.2) is 23.0 Å². The monoisotopic (exact) mass is 280 g/mol. The van der Waals surface area contributed by atoms with Gasteiger partial charge < -0.3 is 4.98 Å². The molecule has 0 amide bonds. The summed E-state index contributed by atoms with van der Waals surface area (Å²) in [4.78, 5) is 5.24. The quantitative estimate of drug-likeness (QED) is 0.773. The molecule has 4 rings (SSSR count). The SMILES string of the molecule is Fc1ccc2[nH]c3c(c2c1F)[C@H](F)CN1CCCC[C@@H]31. The van der Waals surface area contributed by atoms with E-state index < -0.39 is 17.8 Å². The smallest absolute Gasteiger partial charge is 0.168 e. The summed E-state index contributed by atoms with van der Waals surface area (Å²) in [6, 6.07) is 2.69. The van der Waals surface area contributed by atoms with E-state index in [9.17, 15) is 13.2 Å². The molecule has 0 saturated carbocycles. The fourth-order valence-electron chi connectivity index (χ4n) is 3.69. The number of nitrogens with one attached hydrogen (secondary N) is 1. The van der Waals surface area contributed by atoms with E-state index in [4.69, 9.17) is 0 Å². The van der Waals surface area contributed by atoms with E-state index in [1.165, 1.54) is 6.07 Å². The number of fused-ring (bicyclic) bond motifs is 5. The molecule has 1 saturated heterocycles. The van der Waals surface area contributed by atoms with Crippen LogP contribution in [-0.2, 0) is 0 Å². The van der Waals surface area contributed by atoms with E-state index in [1.54, 1.807) is 0 Å². The van der Waals surface area contributed by atoms with Gasteiger partial charge in [0, 0.05) is 28.7 Å². The van der Waals surface area contributed by atoms with Crippen molar-refractivity contribution in [2.24, 2.45) is 0 Å². The summed E-state index contributed by atoms with van der Waals surface area (Å²) < 4.78 is 41.9. The largest absolute Gasteiger partial charge is 0.357 e. The van der Waals surface area contributed by atoms with Crippen LogP contribution in [0, 0.1) is 11.6 Å². The third-order valence-electron chi connectivity index (χ3n) is 4.58. The molecule has 2 atom stereocenters. The number of rotatable bonds is 0. The second kappa shape index (κ2) is 4.25. The standard InChI is InChI=1S/C15H15F3N2/c16-8-4-5-10-13(14(8)18)12-9(17)7-20-6-2-1-3-11(20)15(12)19-10/h4-5,9,11,19H,1-3,6-7H2/t9-,11+/m1/s1. The van der Waals surface area contributed by atoms with E-state index in [1.807, 2.05) is 0 Å². The summed E-state index contributed by atoms with van der Waals surface area (Å²) >= 11 is 0. The van der Waals surface area contributed by atoms with Gasteiger partial charge in [-0.25, -0.2) is 13.2 Å². The van der Waals surface area contributed by atoms with Crippen molar-refractivity contribution in [3.63, 3.8) is 0 Å². The summed E-state index contributed by atoms with van der Waals surface area (Å²) in [6.07, 6.45) is 1.84. The number of benzene rings is 1. The third kappa shape index (κ3) is 1.56. The average Bonchev–Trinajstić information content (AvgIpc) is 2.84. The second-order valence-corrected chi connectivity index (χ2v) is 5.71. The van der Waals surface area contributed by atoms with Gasteiger partial charge >= 0.3 is 0 Å². The first-order chi connectivity index (χ1) is 9.66. The number of hydrogen-bond acceptors (Lipinski definition) is 1. The van der Waals surface area contributed by atoms with E-state index in [0.717, 1.165) is 37.6 Å². The molecule has 0 aliphatic carbocycles. The van der Waals surface area contributed by atoms with Crippen LogP contribution in [0.4, 0.5) is 13.2 Å². The first kappa shape index (κ1) is 12.3. The van der Waals surface area contributed by atoms with Gasteiger partial charge in [0.25, 0.3) is 0 Å². The van der Waals surface area contributed by atoms with Crippen LogP contribution in [0.5, 0.6) is 0 Å². The number of aromatic nitrogens is 1. The van der Waals surface area contributed by atoms with Crippen LogP contribution in [0.15, 0.2) is 12.1 Å². The topological polar surface area (TPSA) is 19.0 Å². The van der Waals surface area contributed by atoms with E-state index >= 15 is 0 Å². The summed E-state index contributed by atoms with van der Waals surface area (Å²) in [5.41, 5.74) is 1.56. The maximum atomic E-state index is 14.5. The van der Waals surface area contributed by atoms with Crippen LogP contribution < -0.4 is 0 Å². The molecule has 0 unspecified atom stereocenters. The minimum Gasteiger partial charge on any atom is -0.357 e. The Balaban J connectivity index is 1.98. The zero-order valence-corrected chi connectivity index (χ0v) is 10.9. The van der Waals surface area contributed by atoms with Crippen molar-refractivity contribution in [1.82, 2.24) is 9.88 Å². The normalized spacial score (nSPS) is 26.6. The Morgan fingerprint density at radius 3 is 2.90 bits per heavy atom. The summed E-state index contributed by atoms with van der Waals surface area (Å²) in [5.74, 6) is -1.86. The van der Waals surface area contributed by atoms with Crippen molar-refractivity contribution in [3.05, 3.63) is 35.0 Å². The lowest BCUT2D eigenvalue weighted by molar-refractivity contribution is 0.0882. The van der Waals surface area contributed by atoms with Crippen molar-refractivity contribution in [2.75, 3.05) is 13.1 Å². The molecule has 2 nitrogen and oxygen atoms in total. The van der Waals surface area contributed by atoms with Crippen LogP contribution in [0.1, 0.15) is 42.7 Å². The number of halogens is 3. The van der Waals surface area contributed by atoms with Gasteiger partial charge in [0.05, 0.1) is 6.04 Å². The zero-order chi connectivity index (χ0) is 13.9. The Bertz CT molecular complexity index is 679. The summed E-state index contributed by atoms with van der Waals surface area (Å²) in [6.45, 7) is 1.15. The molecule has 2 aliphatic heterocycles. The van der Waals surface area contributed by atoms with Crippen molar-refractivity contribution in [2.45, 2.75) is 31.5 Å². The van der Waals surface area contributed by atoms with E-state index in [0.29, 0.717) is 11.1 Å². The fourth-order valence-corrected chi connectivity index (χ4v) is 3.69. The lowest BCUT2D eigenvalue weighted by atomic mass is 9.90. The molecule has 2 aromatic rings. The molecule has 0 bridgehead atoms. The molecule has 20 heavy (non-hydrogen) atoms. The van der Waals surface area contributed by atoms with Crippen LogP contribution in [0.2, 0.25) is 0 Å². The Morgan fingerprint density at radius 1 is 1.20 bits per heavy atom. The number of piperidine rings is 1. The Hall–Kier alpha value is -1.49. The molecule has 0 radical (unpaired) electrons. The minimum atomic E-state index is -1.26. The minimum absolute atomic E-state index is 0.0951. The van der Waals surface area contributed by atoms with Crippen molar-refractivity contribution < 1.29 is 13.2 Å². The number of alkyl halides is 1. The van der Waals surface area contributed by atoms with Gasteiger partial charge in [0.1, 0.15) is 6.17 Å². The first-order valence-corrected chi connectivity index (χ1v) is 7.04. The van der Waals surface area contributed by atoms with Gasteiger partial charge in [0.15, 0.2) is 11.6 Å². The number of hydrogen-bond donors (Lipinski definition) is 1. The molecular weight excluding hydrogens is 265 g/mol. The highest BCUT2D eigenvalue weighted by molar-refractivity contribution is 5.86. The van der Waals surface area contributed by atoms with Gasteiger partial charge in [0.2, 0.25) is 0 Å². The third-order valence-corrected chi connectivity index (χ3v) is 4.58. The molecule has 3 heterocycles. The highest BCUT2D eigenvalue weighted by Crippen LogP contribution is 2.45. The molecular formula is C15H15F3N2. The summed E-state index contributed by atoms with van der Waals surface area (Å²) in [7, 11) is 0.